The summed E-state index contributed by atoms with van der Waals surface area (Å²) in [6.45, 7) is 1.33. The van der Waals surface area contributed by atoms with Crippen LogP contribution in [0.3, 0.4) is 0 Å². The fraction of sp³-hybridized carbons (Fsp3) is 0.316. The Hall–Kier alpha value is -3.09. The molecule has 3 heterocycles. The lowest BCUT2D eigenvalue weighted by Gasteiger charge is -2.20. The molecule has 1 amide bonds. The van der Waals surface area contributed by atoms with E-state index in [1.807, 2.05) is 23.1 Å². The molecule has 4 rings (SSSR count). The Morgan fingerprint density at radius 1 is 1.19 bits per heavy atom. The number of nitrogens with one attached hydrogen (secondary N) is 2. The molecule has 0 bridgehead atoms. The van der Waals surface area contributed by atoms with E-state index in [4.69, 9.17) is 4.52 Å². The maximum absolute atomic E-state index is 12.5. The smallest absolute Gasteiger partial charge is 0.280 e. The van der Waals surface area contributed by atoms with E-state index in [-0.39, 0.29) is 11.5 Å². The van der Waals surface area contributed by atoms with Crippen molar-refractivity contribution in [3.05, 3.63) is 63.8 Å². The number of aromatic nitrogens is 3. The van der Waals surface area contributed by atoms with Crippen LogP contribution < -0.4 is 5.56 Å². The van der Waals surface area contributed by atoms with Crippen molar-refractivity contribution in [3.63, 3.8) is 0 Å². The minimum absolute atomic E-state index is 0.0771. The van der Waals surface area contributed by atoms with Crippen LogP contribution in [-0.2, 0) is 24.1 Å². The highest BCUT2D eigenvalue weighted by atomic mass is 16.5. The molecular weight excluding hydrogens is 332 g/mol. The molecule has 0 fully saturated rings. The average Bonchev–Trinajstić information content (AvgIpc) is 3.20. The summed E-state index contributed by atoms with van der Waals surface area (Å²) in [7, 11) is 0. The Balaban J connectivity index is 1.42. The van der Waals surface area contributed by atoms with Crippen LogP contribution in [0, 0.1) is 0 Å². The molecule has 0 spiro atoms. The highest BCUT2D eigenvalue weighted by molar-refractivity contribution is 5.76. The first-order chi connectivity index (χ1) is 12.7. The zero-order valence-corrected chi connectivity index (χ0v) is 14.3. The standard InChI is InChI=1S/C19H20N4O3/c24-17-12-14(26-22-17)6-7-18(25)23-10-8-15-16(9-11-23)20-21-19(15)13-4-2-1-3-5-13/h1-5,12H,6-11H2,(H,20,21)(H,22,24). The van der Waals surface area contributed by atoms with Gasteiger partial charge in [-0.15, -0.1) is 0 Å². The normalized spacial score (nSPS) is 14.1. The Bertz CT molecular complexity index is 955. The Kier molecular flexibility index (Phi) is 4.43. The van der Waals surface area contributed by atoms with Crippen LogP contribution in [0.25, 0.3) is 11.3 Å². The number of hydrogen-bond acceptors (Lipinski definition) is 4. The van der Waals surface area contributed by atoms with Crippen LogP contribution in [-0.4, -0.2) is 39.3 Å². The summed E-state index contributed by atoms with van der Waals surface area (Å²) >= 11 is 0. The second-order valence-electron chi connectivity index (χ2n) is 6.46. The molecule has 0 atom stereocenters. The first-order valence-corrected chi connectivity index (χ1v) is 8.77. The van der Waals surface area contributed by atoms with Gasteiger partial charge in [-0.2, -0.15) is 10.3 Å². The van der Waals surface area contributed by atoms with Gasteiger partial charge >= 0.3 is 0 Å². The van der Waals surface area contributed by atoms with Crippen LogP contribution in [0.5, 0.6) is 0 Å². The van der Waals surface area contributed by atoms with Crippen molar-refractivity contribution in [2.75, 3.05) is 13.1 Å². The van der Waals surface area contributed by atoms with E-state index in [9.17, 15) is 9.59 Å². The molecule has 7 nitrogen and oxygen atoms in total. The topological polar surface area (TPSA) is 95.0 Å². The number of benzene rings is 1. The Labute approximate surface area is 150 Å². The fourth-order valence-electron chi connectivity index (χ4n) is 3.40. The van der Waals surface area contributed by atoms with Gasteiger partial charge in [0.2, 0.25) is 5.91 Å². The summed E-state index contributed by atoms with van der Waals surface area (Å²) in [4.78, 5) is 25.5. The molecule has 2 N–H and O–H groups in total. The summed E-state index contributed by atoms with van der Waals surface area (Å²) in [5, 5.41) is 9.87. The highest BCUT2D eigenvalue weighted by Crippen LogP contribution is 2.26. The first-order valence-electron chi connectivity index (χ1n) is 8.77. The summed E-state index contributed by atoms with van der Waals surface area (Å²) in [6.07, 6.45) is 2.30. The van der Waals surface area contributed by atoms with Gasteiger partial charge in [-0.05, 0) is 6.42 Å². The molecule has 0 saturated carbocycles. The molecule has 1 aliphatic heterocycles. The average molecular weight is 352 g/mol. The number of H-pyrrole nitrogens is 2. The van der Waals surface area contributed by atoms with Gasteiger partial charge in [-0.25, -0.2) is 0 Å². The molecule has 1 aromatic carbocycles. The number of aryl methyl sites for hydroxylation is 1. The lowest BCUT2D eigenvalue weighted by atomic mass is 10.0. The molecule has 2 aromatic heterocycles. The van der Waals surface area contributed by atoms with Gasteiger partial charge in [0.05, 0.1) is 5.69 Å². The molecular formula is C19H20N4O3. The third-order valence-electron chi connectivity index (χ3n) is 4.78. The zero-order chi connectivity index (χ0) is 17.9. The van der Waals surface area contributed by atoms with E-state index >= 15 is 0 Å². The van der Waals surface area contributed by atoms with E-state index in [0.29, 0.717) is 31.7 Å². The van der Waals surface area contributed by atoms with E-state index in [0.717, 1.165) is 29.8 Å². The number of nitrogens with zero attached hydrogens (tertiary/aromatic N) is 2. The minimum Gasteiger partial charge on any atom is -0.384 e. The predicted octanol–water partition coefficient (Wildman–Crippen LogP) is 1.92. The highest BCUT2D eigenvalue weighted by Gasteiger charge is 2.23. The number of amides is 1. The van der Waals surface area contributed by atoms with E-state index in [1.165, 1.54) is 11.6 Å². The molecule has 26 heavy (non-hydrogen) atoms. The van der Waals surface area contributed by atoms with Crippen molar-refractivity contribution in [2.45, 2.75) is 25.7 Å². The van der Waals surface area contributed by atoms with Crippen molar-refractivity contribution in [1.82, 2.24) is 20.3 Å². The van der Waals surface area contributed by atoms with E-state index in [1.54, 1.807) is 0 Å². The SMILES string of the molecule is O=C(CCc1cc(=O)[nH]o1)N1CCc2[nH]nc(-c3ccccc3)c2CC1. The quantitative estimate of drug-likeness (QED) is 0.750. The molecule has 0 aliphatic carbocycles. The van der Waals surface area contributed by atoms with Gasteiger partial charge in [0.15, 0.2) is 0 Å². The van der Waals surface area contributed by atoms with Crippen LogP contribution in [0.2, 0.25) is 0 Å². The number of fused-ring (bicyclic) bond motifs is 1. The molecule has 0 saturated heterocycles. The molecule has 3 aromatic rings. The van der Waals surface area contributed by atoms with Crippen molar-refractivity contribution in [3.8, 4) is 11.3 Å². The van der Waals surface area contributed by atoms with Crippen LogP contribution in [0.4, 0.5) is 0 Å². The van der Waals surface area contributed by atoms with E-state index in [2.05, 4.69) is 27.5 Å². The number of aromatic amines is 2. The molecule has 0 unspecified atom stereocenters. The first kappa shape index (κ1) is 16.4. The molecule has 7 heteroatoms. The summed E-state index contributed by atoms with van der Waals surface area (Å²) < 4.78 is 5.01. The Morgan fingerprint density at radius 2 is 2.00 bits per heavy atom. The largest absolute Gasteiger partial charge is 0.384 e. The third kappa shape index (κ3) is 3.33. The van der Waals surface area contributed by atoms with Crippen molar-refractivity contribution in [1.29, 1.82) is 0 Å². The van der Waals surface area contributed by atoms with E-state index < -0.39 is 0 Å². The maximum atomic E-state index is 12.5. The van der Waals surface area contributed by atoms with Crippen molar-refractivity contribution in [2.24, 2.45) is 0 Å². The summed E-state index contributed by atoms with van der Waals surface area (Å²) in [6, 6.07) is 11.5. The number of hydrogen-bond donors (Lipinski definition) is 2. The van der Waals surface area contributed by atoms with Gasteiger partial charge in [-0.1, -0.05) is 30.3 Å². The van der Waals surface area contributed by atoms with Gasteiger partial charge < -0.3 is 9.42 Å². The third-order valence-corrected chi connectivity index (χ3v) is 4.78. The van der Waals surface area contributed by atoms with Crippen molar-refractivity contribution >= 4 is 5.91 Å². The second-order valence-corrected chi connectivity index (χ2v) is 6.46. The minimum atomic E-state index is -0.276. The fourth-order valence-corrected chi connectivity index (χ4v) is 3.40. The second kappa shape index (κ2) is 7.03. The van der Waals surface area contributed by atoms with Gasteiger partial charge in [0, 0.05) is 55.2 Å². The lowest BCUT2D eigenvalue weighted by Crippen LogP contribution is -2.33. The summed E-state index contributed by atoms with van der Waals surface area (Å²) in [5.74, 6) is 0.590. The maximum Gasteiger partial charge on any atom is 0.280 e. The number of carbonyl (C=O) groups excluding carboxylic acids is 1. The van der Waals surface area contributed by atoms with Crippen LogP contribution in [0.1, 0.15) is 23.4 Å². The Morgan fingerprint density at radius 3 is 2.77 bits per heavy atom. The van der Waals surface area contributed by atoms with Crippen molar-refractivity contribution < 1.29 is 9.32 Å². The van der Waals surface area contributed by atoms with Gasteiger partial charge in [0.1, 0.15) is 5.76 Å². The molecule has 1 aliphatic rings. The summed E-state index contributed by atoms with van der Waals surface area (Å²) in [5.41, 5.74) is 4.09. The van der Waals surface area contributed by atoms with Gasteiger partial charge in [-0.3, -0.25) is 14.7 Å². The predicted molar refractivity (Wildman–Crippen MR) is 95.7 cm³/mol. The van der Waals surface area contributed by atoms with Crippen LogP contribution in [0.15, 0.2) is 45.7 Å². The molecule has 134 valence electrons. The number of carbonyl (C=O) groups is 1. The number of rotatable bonds is 4. The monoisotopic (exact) mass is 352 g/mol. The molecule has 0 radical (unpaired) electrons. The lowest BCUT2D eigenvalue weighted by molar-refractivity contribution is -0.131. The van der Waals surface area contributed by atoms with Gasteiger partial charge in [0.25, 0.3) is 5.56 Å². The van der Waals surface area contributed by atoms with Crippen LogP contribution >= 0.6 is 0 Å². The zero-order valence-electron chi connectivity index (χ0n) is 14.3.